The van der Waals surface area contributed by atoms with Crippen molar-refractivity contribution >= 4 is 44.7 Å². The Hall–Kier alpha value is -2.25. The summed E-state index contributed by atoms with van der Waals surface area (Å²) in [5.41, 5.74) is 0.988. The second kappa shape index (κ2) is 9.05. The minimum atomic E-state index is -0.103. The van der Waals surface area contributed by atoms with Crippen LogP contribution in [0.2, 0.25) is 0 Å². The molecule has 1 aliphatic rings. The quantitative estimate of drug-likeness (QED) is 0.575. The van der Waals surface area contributed by atoms with Crippen LogP contribution in [0.4, 0.5) is 0 Å². The Balaban J connectivity index is 1.43. The third-order valence-electron chi connectivity index (χ3n) is 5.23. The van der Waals surface area contributed by atoms with E-state index in [9.17, 15) is 9.59 Å². The molecule has 1 N–H and O–H groups in total. The van der Waals surface area contributed by atoms with Gasteiger partial charge in [-0.15, -0.1) is 22.7 Å². The highest BCUT2D eigenvalue weighted by Crippen LogP contribution is 2.35. The van der Waals surface area contributed by atoms with Gasteiger partial charge in [0.15, 0.2) is 0 Å². The van der Waals surface area contributed by atoms with Gasteiger partial charge in [-0.25, -0.2) is 4.98 Å². The van der Waals surface area contributed by atoms with Crippen LogP contribution in [0.3, 0.4) is 0 Å². The molecule has 1 saturated heterocycles. The lowest BCUT2D eigenvalue weighted by Crippen LogP contribution is -2.45. The molecule has 0 saturated carbocycles. The van der Waals surface area contributed by atoms with Crippen molar-refractivity contribution in [1.82, 2.24) is 15.2 Å². The van der Waals surface area contributed by atoms with Crippen molar-refractivity contribution in [1.29, 1.82) is 0 Å². The number of hydrogen-bond acceptors (Lipinski definition) is 5. The Morgan fingerprint density at radius 2 is 2.07 bits per heavy atom. The van der Waals surface area contributed by atoms with E-state index >= 15 is 0 Å². The molecular weight excluding hydrogens is 402 g/mol. The van der Waals surface area contributed by atoms with Gasteiger partial charge in [-0.2, -0.15) is 0 Å². The predicted molar refractivity (Wildman–Crippen MR) is 119 cm³/mol. The molecule has 3 aromatic rings. The first-order valence-electron chi connectivity index (χ1n) is 10.2. The van der Waals surface area contributed by atoms with Gasteiger partial charge in [0, 0.05) is 19.6 Å². The number of likely N-dealkylation sites (tertiary alicyclic amines) is 1. The fraction of sp³-hybridized carbons (Fsp3) is 0.409. The van der Waals surface area contributed by atoms with Crippen LogP contribution in [0.1, 0.15) is 42.3 Å². The summed E-state index contributed by atoms with van der Waals surface area (Å²) >= 11 is 3.13. The fourth-order valence-electron chi connectivity index (χ4n) is 3.61. The van der Waals surface area contributed by atoms with E-state index in [4.69, 9.17) is 4.98 Å². The Morgan fingerprint density at radius 3 is 2.90 bits per heavy atom. The van der Waals surface area contributed by atoms with Crippen molar-refractivity contribution in [3.05, 3.63) is 41.3 Å². The summed E-state index contributed by atoms with van der Waals surface area (Å²) in [7, 11) is 0. The van der Waals surface area contributed by atoms with E-state index in [-0.39, 0.29) is 17.7 Å². The van der Waals surface area contributed by atoms with E-state index < -0.39 is 0 Å². The monoisotopic (exact) mass is 427 g/mol. The Kier molecular flexibility index (Phi) is 6.25. The topological polar surface area (TPSA) is 62.3 Å². The summed E-state index contributed by atoms with van der Waals surface area (Å²) in [4.78, 5) is 33.7. The second-order valence-electron chi connectivity index (χ2n) is 7.39. The molecule has 0 bridgehead atoms. The van der Waals surface area contributed by atoms with E-state index in [1.165, 1.54) is 11.3 Å². The Bertz CT molecular complexity index is 977. The molecule has 29 heavy (non-hydrogen) atoms. The first kappa shape index (κ1) is 20.0. The number of nitrogens with zero attached hydrogens (tertiary/aromatic N) is 2. The molecule has 1 unspecified atom stereocenters. The summed E-state index contributed by atoms with van der Waals surface area (Å²) in [6.07, 6.45) is 3.77. The molecule has 152 valence electrons. The summed E-state index contributed by atoms with van der Waals surface area (Å²) in [5, 5.41) is 3.96. The standard InChI is InChI=1S/C22H25N3O2S2/c1-2-3-12-23-20(26)15-7-6-13-25(14-15)22(27)19-11-10-18(28-19)21-24-16-8-4-5-9-17(16)29-21/h4-5,8-11,15H,2-3,6-7,12-14H2,1H3,(H,23,26). The maximum Gasteiger partial charge on any atom is 0.263 e. The molecule has 1 fully saturated rings. The van der Waals surface area contributed by atoms with Crippen molar-refractivity contribution in [2.75, 3.05) is 19.6 Å². The number of benzene rings is 1. The molecular formula is C22H25N3O2S2. The highest BCUT2D eigenvalue weighted by atomic mass is 32.1. The van der Waals surface area contributed by atoms with E-state index in [1.807, 2.05) is 35.2 Å². The molecule has 7 heteroatoms. The molecule has 2 amide bonds. The minimum absolute atomic E-state index is 0.0217. The van der Waals surface area contributed by atoms with Crippen LogP contribution >= 0.6 is 22.7 Å². The van der Waals surface area contributed by atoms with Gasteiger partial charge < -0.3 is 10.2 Å². The number of fused-ring (bicyclic) bond motifs is 1. The maximum atomic E-state index is 13.0. The summed E-state index contributed by atoms with van der Waals surface area (Å²) in [6, 6.07) is 11.9. The first-order valence-corrected chi connectivity index (χ1v) is 11.8. The van der Waals surface area contributed by atoms with Crippen molar-refractivity contribution in [2.45, 2.75) is 32.6 Å². The number of carbonyl (C=O) groups excluding carboxylic acids is 2. The lowest BCUT2D eigenvalue weighted by atomic mass is 9.97. The molecule has 0 spiro atoms. The number of thiazole rings is 1. The largest absolute Gasteiger partial charge is 0.356 e. The number of para-hydroxylation sites is 1. The molecule has 0 aliphatic carbocycles. The number of rotatable bonds is 6. The minimum Gasteiger partial charge on any atom is -0.356 e. The van der Waals surface area contributed by atoms with Crippen LogP contribution in [0, 0.1) is 5.92 Å². The predicted octanol–water partition coefficient (Wildman–Crippen LogP) is 4.79. The molecule has 3 heterocycles. The fourth-order valence-corrected chi connectivity index (χ4v) is 5.60. The van der Waals surface area contributed by atoms with Crippen molar-refractivity contribution in [3.8, 4) is 9.88 Å². The highest BCUT2D eigenvalue weighted by Gasteiger charge is 2.29. The molecule has 1 aliphatic heterocycles. The van der Waals surface area contributed by atoms with Gasteiger partial charge in [-0.1, -0.05) is 25.5 Å². The summed E-state index contributed by atoms with van der Waals surface area (Å²) in [6.45, 7) is 4.05. The van der Waals surface area contributed by atoms with E-state index in [2.05, 4.69) is 18.3 Å². The smallest absolute Gasteiger partial charge is 0.263 e. The average molecular weight is 428 g/mol. The molecule has 2 aromatic heterocycles. The SMILES string of the molecule is CCCCNC(=O)C1CCCN(C(=O)c2ccc(-c3nc4ccccc4s3)s2)C1. The van der Waals surface area contributed by atoms with Gasteiger partial charge >= 0.3 is 0 Å². The number of thiophene rings is 1. The number of unbranched alkanes of at least 4 members (excludes halogenated alkanes) is 1. The van der Waals surface area contributed by atoms with Gasteiger partial charge in [0.05, 0.1) is 25.9 Å². The molecule has 1 aromatic carbocycles. The van der Waals surface area contributed by atoms with Crippen molar-refractivity contribution in [2.24, 2.45) is 5.92 Å². The van der Waals surface area contributed by atoms with Crippen LogP contribution in [-0.2, 0) is 4.79 Å². The van der Waals surface area contributed by atoms with Crippen LogP contribution in [0.25, 0.3) is 20.1 Å². The lowest BCUT2D eigenvalue weighted by molar-refractivity contribution is -0.126. The van der Waals surface area contributed by atoms with E-state index in [0.29, 0.717) is 18.0 Å². The van der Waals surface area contributed by atoms with Crippen LogP contribution in [-0.4, -0.2) is 41.3 Å². The van der Waals surface area contributed by atoms with Crippen LogP contribution < -0.4 is 5.32 Å². The molecule has 1 atom stereocenters. The van der Waals surface area contributed by atoms with Crippen LogP contribution in [0.5, 0.6) is 0 Å². The number of amides is 2. The van der Waals surface area contributed by atoms with Crippen molar-refractivity contribution in [3.63, 3.8) is 0 Å². The van der Waals surface area contributed by atoms with Gasteiger partial charge in [0.1, 0.15) is 5.01 Å². The zero-order valence-electron chi connectivity index (χ0n) is 16.5. The lowest BCUT2D eigenvalue weighted by Gasteiger charge is -2.31. The molecule has 4 rings (SSSR count). The first-order chi connectivity index (χ1) is 14.2. The third-order valence-corrected chi connectivity index (χ3v) is 7.51. The highest BCUT2D eigenvalue weighted by molar-refractivity contribution is 7.26. The zero-order valence-corrected chi connectivity index (χ0v) is 18.2. The summed E-state index contributed by atoms with van der Waals surface area (Å²) in [5.74, 6) is -0.000959. The van der Waals surface area contributed by atoms with Gasteiger partial charge in [0.2, 0.25) is 5.91 Å². The normalized spacial score (nSPS) is 16.9. The number of carbonyl (C=O) groups is 2. The van der Waals surface area contributed by atoms with Gasteiger partial charge in [0.25, 0.3) is 5.91 Å². The number of piperidine rings is 1. The summed E-state index contributed by atoms with van der Waals surface area (Å²) < 4.78 is 1.15. The molecule has 5 nitrogen and oxygen atoms in total. The maximum absolute atomic E-state index is 13.0. The number of nitrogens with one attached hydrogen (secondary N) is 1. The number of aromatic nitrogens is 1. The molecule has 0 radical (unpaired) electrons. The van der Waals surface area contributed by atoms with Gasteiger partial charge in [-0.05, 0) is 43.5 Å². The van der Waals surface area contributed by atoms with E-state index in [0.717, 1.165) is 52.3 Å². The second-order valence-corrected chi connectivity index (χ2v) is 9.50. The third kappa shape index (κ3) is 4.51. The van der Waals surface area contributed by atoms with Crippen molar-refractivity contribution < 1.29 is 9.59 Å². The number of hydrogen-bond donors (Lipinski definition) is 1. The van der Waals surface area contributed by atoms with E-state index in [1.54, 1.807) is 11.3 Å². The van der Waals surface area contributed by atoms with Crippen LogP contribution in [0.15, 0.2) is 36.4 Å². The average Bonchev–Trinajstić information content (AvgIpc) is 3.40. The van der Waals surface area contributed by atoms with Gasteiger partial charge in [-0.3, -0.25) is 9.59 Å². The Labute approximate surface area is 178 Å². The Morgan fingerprint density at radius 1 is 1.21 bits per heavy atom. The zero-order chi connectivity index (χ0) is 20.2.